The molecule has 4 rings (SSSR count). The minimum Gasteiger partial charge on any atom is -0.497 e. The lowest BCUT2D eigenvalue weighted by atomic mass is 10.1. The Labute approximate surface area is 146 Å². The summed E-state index contributed by atoms with van der Waals surface area (Å²) in [6.45, 7) is 0.522. The number of benzene rings is 3. The van der Waals surface area contributed by atoms with E-state index in [2.05, 4.69) is 23.5 Å². The van der Waals surface area contributed by atoms with E-state index in [1.807, 2.05) is 48.5 Å². The van der Waals surface area contributed by atoms with Gasteiger partial charge in [0.2, 0.25) is 0 Å². The van der Waals surface area contributed by atoms with Gasteiger partial charge in [0, 0.05) is 28.5 Å². The molecule has 0 saturated carbocycles. The van der Waals surface area contributed by atoms with Crippen molar-refractivity contribution in [2.45, 2.75) is 0 Å². The molecular weight excluding hydrogens is 312 g/mol. The molecule has 3 aromatic carbocycles. The van der Waals surface area contributed by atoms with Crippen LogP contribution in [0, 0.1) is 0 Å². The van der Waals surface area contributed by atoms with E-state index in [4.69, 9.17) is 4.74 Å². The molecule has 1 aliphatic heterocycles. The molecule has 0 fully saturated rings. The van der Waals surface area contributed by atoms with Crippen molar-refractivity contribution in [2.24, 2.45) is 0 Å². The third kappa shape index (κ3) is 2.94. The molecular formula is C21H18N2O2. The van der Waals surface area contributed by atoms with Crippen LogP contribution in [0.2, 0.25) is 0 Å². The number of fused-ring (bicyclic) bond motifs is 1. The van der Waals surface area contributed by atoms with Gasteiger partial charge in [0.1, 0.15) is 5.75 Å². The predicted octanol–water partition coefficient (Wildman–Crippen LogP) is 4.19. The fraction of sp³-hybridized carbons (Fsp3) is 0.0952. The van der Waals surface area contributed by atoms with Crippen LogP contribution in [0.15, 0.2) is 78.5 Å². The average Bonchev–Trinajstić information content (AvgIpc) is 3.02. The number of carbonyl (C=O) groups excluding carboxylic acids is 1. The molecule has 0 unspecified atom stereocenters. The Balaban J connectivity index is 1.56. The molecule has 1 N–H and O–H groups in total. The van der Waals surface area contributed by atoms with Crippen LogP contribution in [0.25, 0.3) is 10.8 Å². The number of nitrogens with one attached hydrogen (secondary N) is 1. The van der Waals surface area contributed by atoms with Crippen molar-refractivity contribution in [3.05, 3.63) is 78.5 Å². The van der Waals surface area contributed by atoms with Gasteiger partial charge in [-0.25, -0.2) is 0 Å². The zero-order valence-electron chi connectivity index (χ0n) is 13.9. The van der Waals surface area contributed by atoms with Gasteiger partial charge < -0.3 is 15.0 Å². The second-order valence-electron chi connectivity index (χ2n) is 5.94. The summed E-state index contributed by atoms with van der Waals surface area (Å²) in [5, 5.41) is 5.72. The number of methoxy groups -OCH3 is 1. The first kappa shape index (κ1) is 15.3. The van der Waals surface area contributed by atoms with E-state index in [0.717, 1.165) is 28.2 Å². The van der Waals surface area contributed by atoms with Crippen molar-refractivity contribution < 1.29 is 9.53 Å². The Morgan fingerprint density at radius 1 is 0.960 bits per heavy atom. The first-order chi connectivity index (χ1) is 12.2. The maximum Gasteiger partial charge on any atom is 0.253 e. The molecule has 0 atom stereocenters. The molecule has 3 aromatic rings. The standard InChI is InChI=1S/C21H18N2O2/c1-25-18-11-9-17(10-12-18)23-14-16(13-21(23)24)22-20-8-4-6-15-5-2-3-7-19(15)20/h2-13,22H,14H2,1H3. The smallest absolute Gasteiger partial charge is 0.253 e. The third-order valence-electron chi connectivity index (χ3n) is 4.36. The van der Waals surface area contributed by atoms with Crippen LogP contribution in [-0.4, -0.2) is 19.6 Å². The molecule has 1 amide bonds. The van der Waals surface area contributed by atoms with Crippen LogP contribution in [0.3, 0.4) is 0 Å². The first-order valence-corrected chi connectivity index (χ1v) is 8.15. The van der Waals surface area contributed by atoms with Gasteiger partial charge >= 0.3 is 0 Å². The summed E-state index contributed by atoms with van der Waals surface area (Å²) >= 11 is 0. The Hall–Kier alpha value is -3.27. The molecule has 124 valence electrons. The Morgan fingerprint density at radius 2 is 1.72 bits per heavy atom. The monoisotopic (exact) mass is 330 g/mol. The largest absolute Gasteiger partial charge is 0.497 e. The highest BCUT2D eigenvalue weighted by Crippen LogP contribution is 2.27. The number of anilines is 2. The fourth-order valence-electron chi connectivity index (χ4n) is 3.08. The van der Waals surface area contributed by atoms with Crippen LogP contribution < -0.4 is 15.0 Å². The lowest BCUT2D eigenvalue weighted by Crippen LogP contribution is -2.25. The molecule has 1 heterocycles. The molecule has 0 aromatic heterocycles. The fourth-order valence-corrected chi connectivity index (χ4v) is 3.08. The van der Waals surface area contributed by atoms with Crippen molar-refractivity contribution in [3.8, 4) is 5.75 Å². The van der Waals surface area contributed by atoms with Gasteiger partial charge in [0.05, 0.1) is 13.7 Å². The highest BCUT2D eigenvalue weighted by atomic mass is 16.5. The summed E-state index contributed by atoms with van der Waals surface area (Å²) in [6, 6.07) is 21.8. The molecule has 0 aliphatic carbocycles. The highest BCUT2D eigenvalue weighted by molar-refractivity contribution is 6.06. The second kappa shape index (κ2) is 6.32. The van der Waals surface area contributed by atoms with Crippen LogP contribution in [0.4, 0.5) is 11.4 Å². The number of hydrogen-bond acceptors (Lipinski definition) is 3. The van der Waals surface area contributed by atoms with E-state index >= 15 is 0 Å². The van der Waals surface area contributed by atoms with Gasteiger partial charge in [0.15, 0.2) is 0 Å². The van der Waals surface area contributed by atoms with Gasteiger partial charge in [-0.3, -0.25) is 4.79 Å². The Morgan fingerprint density at radius 3 is 2.52 bits per heavy atom. The topological polar surface area (TPSA) is 41.6 Å². The van der Waals surface area contributed by atoms with Crippen LogP contribution in [0.5, 0.6) is 5.75 Å². The number of ether oxygens (including phenoxy) is 1. The van der Waals surface area contributed by atoms with Gasteiger partial charge in [-0.1, -0.05) is 36.4 Å². The van der Waals surface area contributed by atoms with E-state index in [1.54, 1.807) is 18.1 Å². The number of amides is 1. The van der Waals surface area contributed by atoms with Crippen molar-refractivity contribution in [1.82, 2.24) is 0 Å². The summed E-state index contributed by atoms with van der Waals surface area (Å²) < 4.78 is 5.17. The van der Waals surface area contributed by atoms with E-state index < -0.39 is 0 Å². The molecule has 4 nitrogen and oxygen atoms in total. The van der Waals surface area contributed by atoms with Crippen molar-refractivity contribution in [3.63, 3.8) is 0 Å². The molecule has 0 spiro atoms. The third-order valence-corrected chi connectivity index (χ3v) is 4.36. The summed E-state index contributed by atoms with van der Waals surface area (Å²) in [5.74, 6) is 0.755. The van der Waals surface area contributed by atoms with Gasteiger partial charge in [-0.05, 0) is 35.7 Å². The Bertz CT molecular complexity index is 956. The normalized spacial score (nSPS) is 13.9. The number of rotatable bonds is 4. The summed E-state index contributed by atoms with van der Waals surface area (Å²) in [6.07, 6.45) is 1.66. The molecule has 0 saturated heterocycles. The second-order valence-corrected chi connectivity index (χ2v) is 5.94. The van der Waals surface area contributed by atoms with E-state index in [1.165, 1.54) is 5.39 Å². The van der Waals surface area contributed by atoms with Crippen LogP contribution in [-0.2, 0) is 4.79 Å². The summed E-state index contributed by atoms with van der Waals surface area (Å²) in [5.41, 5.74) is 2.75. The molecule has 4 heteroatoms. The van der Waals surface area contributed by atoms with Gasteiger partial charge in [-0.2, -0.15) is 0 Å². The minimum absolute atomic E-state index is 0.0205. The lowest BCUT2D eigenvalue weighted by Gasteiger charge is -2.18. The zero-order valence-corrected chi connectivity index (χ0v) is 13.9. The maximum absolute atomic E-state index is 12.4. The lowest BCUT2D eigenvalue weighted by molar-refractivity contribution is -0.113. The molecule has 0 bridgehead atoms. The van der Waals surface area contributed by atoms with Crippen molar-refractivity contribution in [2.75, 3.05) is 23.9 Å². The Kier molecular flexibility index (Phi) is 3.86. The maximum atomic E-state index is 12.4. The molecule has 0 radical (unpaired) electrons. The van der Waals surface area contributed by atoms with E-state index in [-0.39, 0.29) is 5.91 Å². The van der Waals surface area contributed by atoms with E-state index in [0.29, 0.717) is 6.54 Å². The summed E-state index contributed by atoms with van der Waals surface area (Å²) in [7, 11) is 1.63. The quantitative estimate of drug-likeness (QED) is 0.780. The van der Waals surface area contributed by atoms with Gasteiger partial charge in [0.25, 0.3) is 5.91 Å². The van der Waals surface area contributed by atoms with E-state index in [9.17, 15) is 4.79 Å². The van der Waals surface area contributed by atoms with Crippen molar-refractivity contribution >= 4 is 28.1 Å². The van der Waals surface area contributed by atoms with Crippen LogP contribution >= 0.6 is 0 Å². The minimum atomic E-state index is -0.0205. The number of nitrogens with zero attached hydrogens (tertiary/aromatic N) is 1. The molecule has 1 aliphatic rings. The highest BCUT2D eigenvalue weighted by Gasteiger charge is 2.23. The number of carbonyl (C=O) groups is 1. The predicted molar refractivity (Wildman–Crippen MR) is 101 cm³/mol. The van der Waals surface area contributed by atoms with Crippen LogP contribution in [0.1, 0.15) is 0 Å². The summed E-state index contributed by atoms with van der Waals surface area (Å²) in [4.78, 5) is 14.1. The van der Waals surface area contributed by atoms with Gasteiger partial charge in [-0.15, -0.1) is 0 Å². The average molecular weight is 330 g/mol. The SMILES string of the molecule is COc1ccc(N2CC(Nc3cccc4ccccc34)=CC2=O)cc1. The first-order valence-electron chi connectivity index (χ1n) is 8.15. The van der Waals surface area contributed by atoms with Crippen molar-refractivity contribution in [1.29, 1.82) is 0 Å². The molecule has 25 heavy (non-hydrogen) atoms. The zero-order chi connectivity index (χ0) is 17.2. The number of hydrogen-bond donors (Lipinski definition) is 1.